The highest BCUT2D eigenvalue weighted by Gasteiger charge is 2.22. The smallest absolute Gasteiger partial charge is 0.409 e. The van der Waals surface area contributed by atoms with Crippen molar-refractivity contribution >= 4 is 27.9 Å². The molecule has 1 amide bonds. The van der Waals surface area contributed by atoms with Crippen molar-refractivity contribution in [3.63, 3.8) is 0 Å². The number of halogens is 1. The molecule has 6 nitrogen and oxygen atoms in total. The number of amides is 1. The normalized spacial score (nSPS) is 15.3. The third-order valence-corrected chi connectivity index (χ3v) is 6.18. The Hall–Kier alpha value is -3.45. The first-order valence-electron chi connectivity index (χ1n) is 10.9. The summed E-state index contributed by atoms with van der Waals surface area (Å²) in [6.45, 7) is 3.22. The van der Waals surface area contributed by atoms with E-state index in [1.54, 1.807) is 12.3 Å². The van der Waals surface area contributed by atoms with Crippen LogP contribution in [0.5, 0.6) is 5.75 Å². The quantitative estimate of drug-likeness (QED) is 0.474. The summed E-state index contributed by atoms with van der Waals surface area (Å²) in [4.78, 5) is 22.0. The number of pyridine rings is 1. The second-order valence-corrected chi connectivity index (χ2v) is 8.23. The van der Waals surface area contributed by atoms with Gasteiger partial charge >= 0.3 is 6.09 Å². The van der Waals surface area contributed by atoms with E-state index in [1.807, 2.05) is 42.6 Å². The summed E-state index contributed by atoms with van der Waals surface area (Å²) in [6.07, 6.45) is 5.19. The summed E-state index contributed by atoms with van der Waals surface area (Å²) >= 11 is 0. The number of benzene rings is 2. The molecule has 0 saturated carbocycles. The molecule has 0 bridgehead atoms. The Morgan fingerprint density at radius 1 is 1.19 bits per heavy atom. The maximum atomic E-state index is 13.4. The molecular formula is C25H25FN4O2. The number of piperidine rings is 1. The van der Waals surface area contributed by atoms with E-state index >= 15 is 0 Å². The summed E-state index contributed by atoms with van der Waals surface area (Å²) in [5, 5.41) is 4.86. The van der Waals surface area contributed by atoms with Crippen LogP contribution in [-0.4, -0.2) is 47.1 Å². The van der Waals surface area contributed by atoms with Gasteiger partial charge in [0, 0.05) is 35.6 Å². The fourth-order valence-corrected chi connectivity index (χ4v) is 4.49. The molecule has 32 heavy (non-hydrogen) atoms. The van der Waals surface area contributed by atoms with Gasteiger partial charge in [-0.15, -0.1) is 0 Å². The average molecular weight is 432 g/mol. The number of aromatic nitrogens is 2. The van der Waals surface area contributed by atoms with E-state index in [0.29, 0.717) is 18.2 Å². The van der Waals surface area contributed by atoms with Gasteiger partial charge in [-0.05, 0) is 67.7 Å². The highest BCUT2D eigenvalue weighted by Crippen LogP contribution is 2.33. The van der Waals surface area contributed by atoms with Gasteiger partial charge < -0.3 is 19.9 Å². The summed E-state index contributed by atoms with van der Waals surface area (Å²) in [5.41, 5.74) is 2.99. The van der Waals surface area contributed by atoms with Crippen molar-refractivity contribution in [1.82, 2.24) is 20.2 Å². The average Bonchev–Trinajstić information content (AvgIpc) is 3.22. The van der Waals surface area contributed by atoms with Gasteiger partial charge in [-0.1, -0.05) is 18.2 Å². The number of rotatable bonds is 5. The number of likely N-dealkylation sites (tertiary alicyclic amines) is 1. The molecule has 0 aliphatic carbocycles. The van der Waals surface area contributed by atoms with E-state index in [2.05, 4.69) is 20.2 Å². The van der Waals surface area contributed by atoms with Crippen molar-refractivity contribution in [2.24, 2.45) is 0 Å². The summed E-state index contributed by atoms with van der Waals surface area (Å²) < 4.78 is 18.8. The van der Waals surface area contributed by atoms with Crippen molar-refractivity contribution in [3.05, 3.63) is 72.3 Å². The fourth-order valence-electron chi connectivity index (χ4n) is 4.49. The molecule has 2 aromatic carbocycles. The van der Waals surface area contributed by atoms with E-state index in [1.165, 1.54) is 11.6 Å². The maximum absolute atomic E-state index is 13.4. The lowest BCUT2D eigenvalue weighted by atomic mass is 9.89. The number of hydrogen-bond acceptors (Lipinski definition) is 4. The molecule has 3 heterocycles. The summed E-state index contributed by atoms with van der Waals surface area (Å²) in [6, 6.07) is 14.4. The van der Waals surface area contributed by atoms with Crippen molar-refractivity contribution in [1.29, 1.82) is 0 Å². The van der Waals surface area contributed by atoms with Crippen LogP contribution in [0.2, 0.25) is 0 Å². The number of fused-ring (bicyclic) bond motifs is 2. The zero-order chi connectivity index (χ0) is 21.9. The Morgan fingerprint density at radius 2 is 2.03 bits per heavy atom. The number of carbonyl (C=O) groups excluding carboxylic acids is 1. The van der Waals surface area contributed by atoms with Gasteiger partial charge in [0.1, 0.15) is 5.82 Å². The van der Waals surface area contributed by atoms with Crippen LogP contribution in [0, 0.1) is 5.82 Å². The monoisotopic (exact) mass is 432 g/mol. The predicted octanol–water partition coefficient (Wildman–Crippen LogP) is 4.82. The van der Waals surface area contributed by atoms with Crippen molar-refractivity contribution in [3.8, 4) is 5.75 Å². The van der Waals surface area contributed by atoms with E-state index < -0.39 is 6.09 Å². The highest BCUT2D eigenvalue weighted by molar-refractivity contribution is 5.84. The number of nitrogens with one attached hydrogen (secondary N) is 2. The Kier molecular flexibility index (Phi) is 5.73. The fraction of sp³-hybridized carbons (Fsp3) is 0.280. The maximum Gasteiger partial charge on any atom is 0.412 e. The van der Waals surface area contributed by atoms with Crippen LogP contribution in [0.3, 0.4) is 0 Å². The molecule has 2 aromatic heterocycles. The Bertz CT molecular complexity index is 1250. The standard InChI is InChI=1S/C25H25FN4O2/c26-19-5-6-21-22(16-29-24(21)14-19)17-7-10-30(11-8-17)12-9-27-25(31)32-20-13-18-3-1-2-4-23(18)28-15-20/h1-6,13-17,29H,7-12H2,(H,27,31). The van der Waals surface area contributed by atoms with E-state index in [0.717, 1.165) is 54.3 Å². The molecule has 0 spiro atoms. The van der Waals surface area contributed by atoms with E-state index in [9.17, 15) is 9.18 Å². The number of aromatic amines is 1. The van der Waals surface area contributed by atoms with Crippen LogP contribution < -0.4 is 10.1 Å². The minimum absolute atomic E-state index is 0.219. The number of nitrogens with zero attached hydrogens (tertiary/aromatic N) is 2. The number of para-hydroxylation sites is 1. The Balaban J connectivity index is 1.08. The van der Waals surface area contributed by atoms with Crippen molar-refractivity contribution < 1.29 is 13.9 Å². The van der Waals surface area contributed by atoms with Gasteiger partial charge in [0.2, 0.25) is 0 Å². The Morgan fingerprint density at radius 3 is 2.91 bits per heavy atom. The van der Waals surface area contributed by atoms with Gasteiger partial charge in [-0.2, -0.15) is 0 Å². The summed E-state index contributed by atoms with van der Waals surface area (Å²) in [7, 11) is 0. The number of H-pyrrole nitrogens is 1. The SMILES string of the molecule is O=C(NCCN1CCC(c2c[nH]c3cc(F)ccc23)CC1)Oc1cnc2ccccc2c1. The molecule has 164 valence electrons. The lowest BCUT2D eigenvalue weighted by molar-refractivity contribution is 0.189. The first-order valence-corrected chi connectivity index (χ1v) is 10.9. The molecular weight excluding hydrogens is 407 g/mol. The third kappa shape index (κ3) is 4.43. The van der Waals surface area contributed by atoms with Crippen LogP contribution in [0.25, 0.3) is 21.8 Å². The number of hydrogen-bond donors (Lipinski definition) is 2. The second-order valence-electron chi connectivity index (χ2n) is 8.23. The van der Waals surface area contributed by atoms with Gasteiger partial charge in [-0.3, -0.25) is 4.98 Å². The zero-order valence-electron chi connectivity index (χ0n) is 17.7. The summed E-state index contributed by atoms with van der Waals surface area (Å²) in [5.74, 6) is 0.674. The highest BCUT2D eigenvalue weighted by atomic mass is 19.1. The molecule has 0 unspecified atom stereocenters. The van der Waals surface area contributed by atoms with Gasteiger partial charge in [0.25, 0.3) is 0 Å². The van der Waals surface area contributed by atoms with Crippen LogP contribution >= 0.6 is 0 Å². The van der Waals surface area contributed by atoms with E-state index in [4.69, 9.17) is 4.74 Å². The molecule has 1 aliphatic rings. The molecule has 2 N–H and O–H groups in total. The molecule has 1 aliphatic heterocycles. The minimum Gasteiger partial charge on any atom is -0.409 e. The predicted molar refractivity (Wildman–Crippen MR) is 122 cm³/mol. The van der Waals surface area contributed by atoms with Gasteiger partial charge in [0.05, 0.1) is 11.7 Å². The third-order valence-electron chi connectivity index (χ3n) is 6.18. The van der Waals surface area contributed by atoms with E-state index in [-0.39, 0.29) is 5.82 Å². The van der Waals surface area contributed by atoms with Gasteiger partial charge in [0.15, 0.2) is 5.75 Å². The Labute approximate surface area is 185 Å². The molecule has 1 saturated heterocycles. The first kappa shape index (κ1) is 20.5. The molecule has 5 rings (SSSR count). The lowest BCUT2D eigenvalue weighted by Gasteiger charge is -2.31. The molecule has 4 aromatic rings. The number of carbonyl (C=O) groups is 1. The molecule has 0 atom stereocenters. The minimum atomic E-state index is -0.469. The first-order chi connectivity index (χ1) is 15.7. The topological polar surface area (TPSA) is 70.2 Å². The van der Waals surface area contributed by atoms with Crippen LogP contribution in [0.15, 0.2) is 60.9 Å². The number of ether oxygens (including phenoxy) is 1. The lowest BCUT2D eigenvalue weighted by Crippen LogP contribution is -2.39. The van der Waals surface area contributed by atoms with Crippen LogP contribution in [0.4, 0.5) is 9.18 Å². The molecule has 0 radical (unpaired) electrons. The van der Waals surface area contributed by atoms with Crippen molar-refractivity contribution in [2.45, 2.75) is 18.8 Å². The zero-order valence-corrected chi connectivity index (χ0v) is 17.7. The molecule has 7 heteroatoms. The largest absolute Gasteiger partial charge is 0.412 e. The van der Waals surface area contributed by atoms with Crippen LogP contribution in [-0.2, 0) is 0 Å². The van der Waals surface area contributed by atoms with Gasteiger partial charge in [-0.25, -0.2) is 9.18 Å². The van der Waals surface area contributed by atoms with Crippen LogP contribution in [0.1, 0.15) is 24.3 Å². The second kappa shape index (κ2) is 8.96. The van der Waals surface area contributed by atoms with Crippen molar-refractivity contribution in [2.75, 3.05) is 26.2 Å². The molecule has 1 fully saturated rings.